The summed E-state index contributed by atoms with van der Waals surface area (Å²) in [7, 11) is 0. The zero-order chi connectivity index (χ0) is 13.9. The normalized spacial score (nSPS) is 11.4. The number of pyridine rings is 1. The van der Waals surface area contributed by atoms with E-state index >= 15 is 0 Å². The molecule has 0 atom stereocenters. The molecule has 0 aliphatic rings. The molecular weight excluding hydrogens is 257 g/mol. The zero-order valence-corrected chi connectivity index (χ0v) is 9.82. The largest absolute Gasteiger partial charge is 0.456 e. The molecule has 0 amide bonds. The average molecular weight is 268 g/mol. The highest BCUT2D eigenvalue weighted by Gasteiger charge is 2.32. The number of hydrogen-bond donors (Lipinski definition) is 1. The first-order valence-corrected chi connectivity index (χ1v) is 5.49. The molecule has 0 bridgehead atoms. The fourth-order valence-electron chi connectivity index (χ4n) is 1.44. The number of ether oxygens (including phenoxy) is 1. The second-order valence-corrected chi connectivity index (χ2v) is 3.83. The van der Waals surface area contributed by atoms with Gasteiger partial charge < -0.3 is 10.5 Å². The molecule has 0 aliphatic heterocycles. The van der Waals surface area contributed by atoms with E-state index in [1.54, 1.807) is 24.3 Å². The molecule has 0 aliphatic carbocycles. The second-order valence-electron chi connectivity index (χ2n) is 3.83. The molecule has 1 aromatic heterocycles. The molecule has 0 fully saturated rings. The molecule has 2 rings (SSSR count). The van der Waals surface area contributed by atoms with E-state index in [0.717, 1.165) is 17.8 Å². The summed E-state index contributed by atoms with van der Waals surface area (Å²) in [6, 6.07) is 9.07. The Morgan fingerprint density at radius 2 is 1.63 bits per heavy atom. The Hall–Kier alpha value is -2.08. The molecule has 0 saturated carbocycles. The van der Waals surface area contributed by atoms with Crippen LogP contribution >= 0.6 is 0 Å². The average Bonchev–Trinajstić information content (AvgIpc) is 2.39. The molecule has 2 N–H and O–H groups in total. The van der Waals surface area contributed by atoms with Crippen molar-refractivity contribution in [2.45, 2.75) is 12.7 Å². The Labute approximate surface area is 107 Å². The lowest BCUT2D eigenvalue weighted by atomic mass is 10.2. The number of nitrogens with zero attached hydrogens (tertiary/aromatic N) is 1. The van der Waals surface area contributed by atoms with Crippen molar-refractivity contribution in [1.29, 1.82) is 0 Å². The van der Waals surface area contributed by atoms with E-state index in [0.29, 0.717) is 12.3 Å². The molecule has 0 radical (unpaired) electrons. The summed E-state index contributed by atoms with van der Waals surface area (Å²) in [6.07, 6.45) is -3.40. The highest BCUT2D eigenvalue weighted by molar-refractivity contribution is 5.32. The lowest BCUT2D eigenvalue weighted by Gasteiger charge is -2.08. The van der Waals surface area contributed by atoms with Crippen molar-refractivity contribution in [2.24, 2.45) is 5.73 Å². The molecule has 1 aromatic carbocycles. The molecule has 0 unspecified atom stereocenters. The summed E-state index contributed by atoms with van der Waals surface area (Å²) in [6.45, 7) is 0.419. The Balaban J connectivity index is 2.10. The van der Waals surface area contributed by atoms with Crippen LogP contribution in [0.5, 0.6) is 11.5 Å². The van der Waals surface area contributed by atoms with Crippen molar-refractivity contribution >= 4 is 0 Å². The maximum Gasteiger partial charge on any atom is 0.433 e. The standard InChI is InChI=1S/C13H11F3N2O/c14-13(15,16)12-6-5-11(8-18-12)19-10-3-1-9(7-17)2-4-10/h1-6,8H,7,17H2. The van der Waals surface area contributed by atoms with Crippen molar-refractivity contribution < 1.29 is 17.9 Å². The van der Waals surface area contributed by atoms with Gasteiger partial charge in [0.2, 0.25) is 0 Å². The van der Waals surface area contributed by atoms with Crippen molar-refractivity contribution in [1.82, 2.24) is 4.98 Å². The molecule has 0 spiro atoms. The minimum atomic E-state index is -4.44. The summed E-state index contributed by atoms with van der Waals surface area (Å²) in [5, 5.41) is 0. The first-order valence-electron chi connectivity index (χ1n) is 5.49. The van der Waals surface area contributed by atoms with Gasteiger partial charge in [-0.2, -0.15) is 13.2 Å². The molecule has 6 heteroatoms. The summed E-state index contributed by atoms with van der Waals surface area (Å²) in [4.78, 5) is 3.31. The monoisotopic (exact) mass is 268 g/mol. The van der Waals surface area contributed by atoms with Gasteiger partial charge in [-0.15, -0.1) is 0 Å². The maximum absolute atomic E-state index is 12.3. The molecule has 2 aromatic rings. The van der Waals surface area contributed by atoms with E-state index in [9.17, 15) is 13.2 Å². The van der Waals surface area contributed by atoms with Crippen LogP contribution in [0.2, 0.25) is 0 Å². The topological polar surface area (TPSA) is 48.1 Å². The van der Waals surface area contributed by atoms with Gasteiger partial charge in [-0.1, -0.05) is 12.1 Å². The number of rotatable bonds is 3. The molecule has 100 valence electrons. The van der Waals surface area contributed by atoms with Gasteiger partial charge in [0.15, 0.2) is 0 Å². The lowest BCUT2D eigenvalue weighted by Crippen LogP contribution is -2.07. The second kappa shape index (κ2) is 5.27. The Morgan fingerprint density at radius 3 is 2.11 bits per heavy atom. The summed E-state index contributed by atoms with van der Waals surface area (Å²) < 4.78 is 42.3. The first kappa shape index (κ1) is 13.4. The third-order valence-corrected chi connectivity index (χ3v) is 2.42. The van der Waals surface area contributed by atoms with Crippen LogP contribution in [0.1, 0.15) is 11.3 Å². The van der Waals surface area contributed by atoms with Crippen LogP contribution < -0.4 is 10.5 Å². The van der Waals surface area contributed by atoms with Crippen LogP contribution in [0, 0.1) is 0 Å². The van der Waals surface area contributed by atoms with Crippen molar-refractivity contribution in [3.05, 3.63) is 53.9 Å². The van der Waals surface area contributed by atoms with Crippen LogP contribution in [0.15, 0.2) is 42.6 Å². The van der Waals surface area contributed by atoms with Gasteiger partial charge in [-0.25, -0.2) is 4.98 Å². The highest BCUT2D eigenvalue weighted by atomic mass is 19.4. The van der Waals surface area contributed by atoms with Crippen LogP contribution in [0.4, 0.5) is 13.2 Å². The van der Waals surface area contributed by atoms with Crippen LogP contribution in [-0.2, 0) is 12.7 Å². The molecule has 1 heterocycles. The highest BCUT2D eigenvalue weighted by Crippen LogP contribution is 2.29. The molecule has 3 nitrogen and oxygen atoms in total. The van der Waals surface area contributed by atoms with Gasteiger partial charge >= 0.3 is 6.18 Å². The number of alkyl halides is 3. The third kappa shape index (κ3) is 3.45. The van der Waals surface area contributed by atoms with E-state index in [1.807, 2.05) is 0 Å². The number of benzene rings is 1. The molecule has 19 heavy (non-hydrogen) atoms. The van der Waals surface area contributed by atoms with Crippen LogP contribution in [0.25, 0.3) is 0 Å². The number of aromatic nitrogens is 1. The summed E-state index contributed by atoms with van der Waals surface area (Å²) in [5.41, 5.74) is 5.45. The number of hydrogen-bond acceptors (Lipinski definition) is 3. The quantitative estimate of drug-likeness (QED) is 0.928. The third-order valence-electron chi connectivity index (χ3n) is 2.42. The summed E-state index contributed by atoms with van der Waals surface area (Å²) >= 11 is 0. The number of nitrogens with two attached hydrogens (primary N) is 1. The van der Waals surface area contributed by atoms with Crippen molar-refractivity contribution in [2.75, 3.05) is 0 Å². The maximum atomic E-state index is 12.3. The number of halogens is 3. The van der Waals surface area contributed by atoms with Crippen molar-refractivity contribution in [3.8, 4) is 11.5 Å². The molecular formula is C13H11F3N2O. The van der Waals surface area contributed by atoms with Gasteiger partial charge in [0.1, 0.15) is 17.2 Å². The van der Waals surface area contributed by atoms with E-state index in [-0.39, 0.29) is 5.75 Å². The van der Waals surface area contributed by atoms with Crippen LogP contribution in [-0.4, -0.2) is 4.98 Å². The van der Waals surface area contributed by atoms with E-state index in [1.165, 1.54) is 6.07 Å². The predicted octanol–water partition coefficient (Wildman–Crippen LogP) is 3.35. The van der Waals surface area contributed by atoms with E-state index in [2.05, 4.69) is 4.98 Å². The fourth-order valence-corrected chi connectivity index (χ4v) is 1.44. The van der Waals surface area contributed by atoms with E-state index < -0.39 is 11.9 Å². The Bertz CT molecular complexity index is 535. The Kier molecular flexibility index (Phi) is 3.71. The van der Waals surface area contributed by atoms with Gasteiger partial charge in [-0.05, 0) is 29.8 Å². The SMILES string of the molecule is NCc1ccc(Oc2ccc(C(F)(F)F)nc2)cc1. The summed E-state index contributed by atoms with van der Waals surface area (Å²) in [5.74, 6) is 0.757. The van der Waals surface area contributed by atoms with Crippen LogP contribution in [0.3, 0.4) is 0 Å². The predicted molar refractivity (Wildman–Crippen MR) is 63.6 cm³/mol. The fraction of sp³-hybridized carbons (Fsp3) is 0.154. The van der Waals surface area contributed by atoms with Gasteiger partial charge in [0.25, 0.3) is 0 Å². The minimum absolute atomic E-state index is 0.244. The lowest BCUT2D eigenvalue weighted by molar-refractivity contribution is -0.141. The molecule has 0 saturated heterocycles. The van der Waals surface area contributed by atoms with E-state index in [4.69, 9.17) is 10.5 Å². The smallest absolute Gasteiger partial charge is 0.433 e. The van der Waals surface area contributed by atoms with Gasteiger partial charge in [0, 0.05) is 6.54 Å². The minimum Gasteiger partial charge on any atom is -0.456 e. The van der Waals surface area contributed by atoms with Gasteiger partial charge in [-0.3, -0.25) is 0 Å². The van der Waals surface area contributed by atoms with Gasteiger partial charge in [0.05, 0.1) is 6.20 Å². The van der Waals surface area contributed by atoms with Crippen molar-refractivity contribution in [3.63, 3.8) is 0 Å². The first-order chi connectivity index (χ1) is 8.99. The zero-order valence-electron chi connectivity index (χ0n) is 9.82. The Morgan fingerprint density at radius 1 is 1.00 bits per heavy atom.